The zero-order chi connectivity index (χ0) is 22.5. The van der Waals surface area contributed by atoms with Crippen molar-refractivity contribution < 1.29 is 28.9 Å². The molecule has 3 rings (SSSR count). The van der Waals surface area contributed by atoms with Crippen LogP contribution in [0.5, 0.6) is 0 Å². The smallest absolute Gasteiger partial charge is 0.449 e. The maximum atomic E-state index is 11.9. The van der Waals surface area contributed by atoms with E-state index in [1.54, 1.807) is 13.8 Å². The first-order valence-electron chi connectivity index (χ1n) is 9.47. The van der Waals surface area contributed by atoms with Gasteiger partial charge in [-0.2, -0.15) is 0 Å². The van der Waals surface area contributed by atoms with E-state index in [-0.39, 0.29) is 11.5 Å². The summed E-state index contributed by atoms with van der Waals surface area (Å²) in [6.07, 6.45) is -1.82. The number of ether oxygens (including phenoxy) is 3. The van der Waals surface area contributed by atoms with Gasteiger partial charge in [-0.1, -0.05) is 48.0 Å². The first-order chi connectivity index (χ1) is 14.8. The number of hydrogen-bond donors (Lipinski definition) is 2. The van der Waals surface area contributed by atoms with Gasteiger partial charge < -0.3 is 24.6 Å². The Balaban J connectivity index is 2.12. The van der Waals surface area contributed by atoms with Crippen LogP contribution in [0.3, 0.4) is 0 Å². The van der Waals surface area contributed by atoms with Gasteiger partial charge in [0.15, 0.2) is 0 Å². The fourth-order valence-corrected chi connectivity index (χ4v) is 3.66. The van der Waals surface area contributed by atoms with Crippen LogP contribution in [0.25, 0.3) is 0 Å². The van der Waals surface area contributed by atoms with Gasteiger partial charge in [0.05, 0.1) is 18.5 Å². The highest BCUT2D eigenvalue weighted by atomic mass is 35.5. The first-order valence-corrected chi connectivity index (χ1v) is 9.85. The van der Waals surface area contributed by atoms with Crippen molar-refractivity contribution in [2.24, 2.45) is 0 Å². The molecule has 162 valence electrons. The lowest BCUT2D eigenvalue weighted by Crippen LogP contribution is -2.29. The minimum Gasteiger partial charge on any atom is -0.449 e. The van der Waals surface area contributed by atoms with E-state index in [1.807, 2.05) is 48.5 Å². The van der Waals surface area contributed by atoms with Crippen LogP contribution in [-0.2, 0) is 20.6 Å². The predicted octanol–water partition coefficient (Wildman–Crippen LogP) is 5.56. The Morgan fingerprint density at radius 1 is 1.00 bits per heavy atom. The maximum Gasteiger partial charge on any atom is 0.513 e. The van der Waals surface area contributed by atoms with Crippen LogP contribution >= 0.6 is 11.6 Å². The number of benzene rings is 2. The van der Waals surface area contributed by atoms with Crippen molar-refractivity contribution in [1.82, 2.24) is 5.32 Å². The molecule has 7 nitrogen and oxygen atoms in total. The average Bonchev–Trinajstić information content (AvgIpc) is 2.73. The molecule has 0 spiro atoms. The van der Waals surface area contributed by atoms with Crippen LogP contribution in [0.1, 0.15) is 36.5 Å². The molecule has 1 aliphatic rings. The van der Waals surface area contributed by atoms with Crippen molar-refractivity contribution in [3.63, 3.8) is 0 Å². The molecule has 1 atom stereocenters. The van der Waals surface area contributed by atoms with E-state index in [1.165, 1.54) is 7.11 Å². The van der Waals surface area contributed by atoms with E-state index in [0.717, 1.165) is 16.7 Å². The Hall–Kier alpha value is -3.45. The van der Waals surface area contributed by atoms with E-state index in [4.69, 9.17) is 21.1 Å². The number of hydrogen-bond acceptors (Lipinski definition) is 6. The highest BCUT2D eigenvalue weighted by molar-refractivity contribution is 6.30. The van der Waals surface area contributed by atoms with Gasteiger partial charge in [-0.3, -0.25) is 0 Å². The largest absolute Gasteiger partial charge is 0.513 e. The highest BCUT2D eigenvalue weighted by Crippen LogP contribution is 2.41. The molecular weight excluding hydrogens is 422 g/mol. The Kier molecular flexibility index (Phi) is 6.87. The molecule has 0 aliphatic carbocycles. The summed E-state index contributed by atoms with van der Waals surface area (Å²) in [6.45, 7) is 3.43. The third-order valence-corrected chi connectivity index (χ3v) is 5.12. The molecule has 0 saturated carbocycles. The number of methoxy groups -OCH3 is 1. The van der Waals surface area contributed by atoms with Crippen LogP contribution in [0.15, 0.2) is 71.4 Å². The summed E-state index contributed by atoms with van der Waals surface area (Å²) in [7, 11) is 1.20. The average molecular weight is 444 g/mol. The topological polar surface area (TPSA) is 94.1 Å². The van der Waals surface area contributed by atoms with Crippen LogP contribution in [0, 0.1) is 0 Å². The number of carboxylic acid groups (broad SMARTS) is 1. The van der Waals surface area contributed by atoms with Gasteiger partial charge in [-0.15, -0.1) is 0 Å². The fraction of sp³-hybridized carbons (Fsp3) is 0.217. The van der Waals surface area contributed by atoms with Crippen molar-refractivity contribution in [3.05, 3.63) is 93.2 Å². The fourth-order valence-electron chi connectivity index (χ4n) is 3.53. The van der Waals surface area contributed by atoms with E-state index >= 15 is 0 Å². The standard InChI is InChI=1S/C23H22ClNO6/c1-13-20(30-22(26)27)19(21(14(2)25-13)31-23(28)29-3)18-7-5-4-6-16(18)12-15-8-10-17(24)11-9-15/h4-11,19,25H,12H2,1-3H3,(H,26,27). The van der Waals surface area contributed by atoms with Crippen LogP contribution < -0.4 is 5.32 Å². The molecule has 0 saturated heterocycles. The predicted molar refractivity (Wildman–Crippen MR) is 115 cm³/mol. The van der Waals surface area contributed by atoms with E-state index < -0.39 is 18.2 Å². The molecule has 1 aliphatic heterocycles. The second-order valence-electron chi connectivity index (χ2n) is 6.96. The molecular formula is C23H22ClNO6. The second-order valence-corrected chi connectivity index (χ2v) is 7.40. The van der Waals surface area contributed by atoms with Gasteiger partial charge in [-0.05, 0) is 49.1 Å². The minimum absolute atomic E-state index is 0.126. The number of carbonyl (C=O) groups excluding carboxylic acids is 1. The zero-order valence-electron chi connectivity index (χ0n) is 17.3. The van der Waals surface area contributed by atoms with E-state index in [0.29, 0.717) is 22.8 Å². The number of carbonyl (C=O) groups is 2. The van der Waals surface area contributed by atoms with Gasteiger partial charge >= 0.3 is 12.3 Å². The molecule has 0 radical (unpaired) electrons. The number of halogens is 1. The molecule has 2 aromatic carbocycles. The highest BCUT2D eigenvalue weighted by Gasteiger charge is 2.36. The third kappa shape index (κ3) is 5.19. The normalized spacial score (nSPS) is 15.9. The van der Waals surface area contributed by atoms with Gasteiger partial charge in [0.25, 0.3) is 0 Å². The summed E-state index contributed by atoms with van der Waals surface area (Å²) in [5, 5.41) is 13.0. The lowest BCUT2D eigenvalue weighted by Gasteiger charge is -2.31. The summed E-state index contributed by atoms with van der Waals surface area (Å²) in [5.41, 5.74) is 3.72. The molecule has 1 heterocycles. The Labute approximate surface area is 184 Å². The quantitative estimate of drug-likeness (QED) is 0.584. The van der Waals surface area contributed by atoms with Crippen molar-refractivity contribution >= 4 is 23.9 Å². The molecule has 0 amide bonds. The van der Waals surface area contributed by atoms with Crippen molar-refractivity contribution in [2.75, 3.05) is 7.11 Å². The molecule has 0 fully saturated rings. The maximum absolute atomic E-state index is 11.9. The summed E-state index contributed by atoms with van der Waals surface area (Å²) in [4.78, 5) is 23.3. The zero-order valence-corrected chi connectivity index (χ0v) is 18.0. The van der Waals surface area contributed by atoms with Crippen molar-refractivity contribution in [2.45, 2.75) is 26.2 Å². The third-order valence-electron chi connectivity index (χ3n) is 4.87. The number of nitrogens with one attached hydrogen (secondary N) is 1. The molecule has 0 aromatic heterocycles. The summed E-state index contributed by atoms with van der Waals surface area (Å²) in [6, 6.07) is 15.0. The van der Waals surface area contributed by atoms with Gasteiger partial charge in [0, 0.05) is 5.02 Å². The Bertz CT molecular complexity index is 1060. The molecule has 0 bridgehead atoms. The molecule has 2 aromatic rings. The van der Waals surface area contributed by atoms with Crippen molar-refractivity contribution in [1.29, 1.82) is 0 Å². The number of allylic oxidation sites excluding steroid dienone is 2. The number of dihydropyridines is 1. The second kappa shape index (κ2) is 9.57. The summed E-state index contributed by atoms with van der Waals surface area (Å²) in [5.74, 6) is -0.433. The summed E-state index contributed by atoms with van der Waals surface area (Å²) >= 11 is 6.00. The van der Waals surface area contributed by atoms with Crippen molar-refractivity contribution in [3.8, 4) is 0 Å². The number of rotatable bonds is 5. The van der Waals surface area contributed by atoms with E-state index in [2.05, 4.69) is 10.1 Å². The molecule has 2 N–H and O–H groups in total. The van der Waals surface area contributed by atoms with Crippen LogP contribution in [-0.4, -0.2) is 24.5 Å². The molecule has 31 heavy (non-hydrogen) atoms. The van der Waals surface area contributed by atoms with Gasteiger partial charge in [0.2, 0.25) is 0 Å². The lowest BCUT2D eigenvalue weighted by molar-refractivity contribution is 0.0848. The van der Waals surface area contributed by atoms with Crippen LogP contribution in [0.2, 0.25) is 5.02 Å². The SMILES string of the molecule is COC(=O)OC1=C(C)NC(C)=C(OC(=O)O)C1c1ccccc1Cc1ccc(Cl)cc1. The first kappa shape index (κ1) is 22.2. The minimum atomic E-state index is -1.46. The summed E-state index contributed by atoms with van der Waals surface area (Å²) < 4.78 is 15.2. The van der Waals surface area contributed by atoms with E-state index in [9.17, 15) is 14.7 Å². The monoisotopic (exact) mass is 443 g/mol. The lowest BCUT2D eigenvalue weighted by atomic mass is 9.85. The Morgan fingerprint density at radius 2 is 1.61 bits per heavy atom. The van der Waals surface area contributed by atoms with Gasteiger partial charge in [-0.25, -0.2) is 9.59 Å². The molecule has 1 unspecified atom stereocenters. The Morgan fingerprint density at radius 3 is 2.23 bits per heavy atom. The molecule has 8 heteroatoms. The van der Waals surface area contributed by atoms with Crippen LogP contribution in [0.4, 0.5) is 9.59 Å². The van der Waals surface area contributed by atoms with Gasteiger partial charge in [0.1, 0.15) is 17.4 Å².